The quantitative estimate of drug-likeness (QED) is 0.809. The van der Waals surface area contributed by atoms with E-state index in [2.05, 4.69) is 31.2 Å². The van der Waals surface area contributed by atoms with Gasteiger partial charge < -0.3 is 10.1 Å². The van der Waals surface area contributed by atoms with Gasteiger partial charge in [-0.25, -0.2) is 0 Å². The standard InChI is InChI=1S/C14H25N3O/c1-4-17-11-13(10-16-17)18-14(6-5-7-14)8-9-15-12(2)3/h10-12,15H,4-9H2,1-3H3. The average molecular weight is 251 g/mol. The zero-order valence-electron chi connectivity index (χ0n) is 11.8. The first-order valence-corrected chi connectivity index (χ1v) is 7.08. The molecule has 0 radical (unpaired) electrons. The maximum atomic E-state index is 6.18. The van der Waals surface area contributed by atoms with Gasteiger partial charge in [-0.2, -0.15) is 5.10 Å². The van der Waals surface area contributed by atoms with Crippen LogP contribution in [0.15, 0.2) is 12.4 Å². The number of hydrogen-bond donors (Lipinski definition) is 1. The van der Waals surface area contributed by atoms with Gasteiger partial charge in [0, 0.05) is 12.6 Å². The highest BCUT2D eigenvalue weighted by atomic mass is 16.5. The summed E-state index contributed by atoms with van der Waals surface area (Å²) in [5, 5.41) is 7.73. The van der Waals surface area contributed by atoms with Gasteiger partial charge in [0.15, 0.2) is 5.75 Å². The smallest absolute Gasteiger partial charge is 0.158 e. The van der Waals surface area contributed by atoms with Crippen LogP contribution in [0.25, 0.3) is 0 Å². The van der Waals surface area contributed by atoms with E-state index in [1.807, 2.05) is 17.1 Å². The van der Waals surface area contributed by atoms with E-state index in [1.165, 1.54) is 19.3 Å². The largest absolute Gasteiger partial charge is 0.484 e. The third-order valence-corrected chi connectivity index (χ3v) is 3.67. The van der Waals surface area contributed by atoms with E-state index in [-0.39, 0.29) is 5.60 Å². The van der Waals surface area contributed by atoms with E-state index in [1.54, 1.807) is 0 Å². The van der Waals surface area contributed by atoms with Crippen molar-refractivity contribution in [3.05, 3.63) is 12.4 Å². The molecule has 4 nitrogen and oxygen atoms in total. The summed E-state index contributed by atoms with van der Waals surface area (Å²) in [6.07, 6.45) is 8.54. The van der Waals surface area contributed by atoms with E-state index in [0.29, 0.717) is 6.04 Å². The average Bonchev–Trinajstić information content (AvgIpc) is 2.72. The Morgan fingerprint density at radius 1 is 1.50 bits per heavy atom. The van der Waals surface area contributed by atoms with Crippen LogP contribution in [0.4, 0.5) is 0 Å². The monoisotopic (exact) mass is 251 g/mol. The second-order valence-electron chi connectivity index (χ2n) is 5.53. The summed E-state index contributed by atoms with van der Waals surface area (Å²) < 4.78 is 8.09. The number of rotatable bonds is 7. The Balaban J connectivity index is 1.87. The lowest BCUT2D eigenvalue weighted by Crippen LogP contribution is -2.45. The summed E-state index contributed by atoms with van der Waals surface area (Å²) in [5.74, 6) is 0.918. The van der Waals surface area contributed by atoms with Crippen molar-refractivity contribution in [2.24, 2.45) is 0 Å². The molecule has 0 saturated heterocycles. The first kappa shape index (κ1) is 13.4. The molecule has 0 aliphatic heterocycles. The van der Waals surface area contributed by atoms with E-state index >= 15 is 0 Å². The molecule has 1 aromatic heterocycles. The van der Waals surface area contributed by atoms with Crippen molar-refractivity contribution >= 4 is 0 Å². The molecule has 2 rings (SSSR count). The SMILES string of the molecule is CCn1cc(OC2(CCNC(C)C)CCC2)cn1. The maximum absolute atomic E-state index is 6.18. The molecule has 0 amide bonds. The Hall–Kier alpha value is -1.03. The fourth-order valence-corrected chi connectivity index (χ4v) is 2.38. The van der Waals surface area contributed by atoms with Crippen LogP contribution in [0.2, 0.25) is 0 Å². The summed E-state index contributed by atoms with van der Waals surface area (Å²) >= 11 is 0. The van der Waals surface area contributed by atoms with Crippen molar-refractivity contribution in [1.82, 2.24) is 15.1 Å². The summed E-state index contributed by atoms with van der Waals surface area (Å²) in [4.78, 5) is 0. The molecule has 0 bridgehead atoms. The molecular weight excluding hydrogens is 226 g/mol. The molecule has 102 valence electrons. The third kappa shape index (κ3) is 3.25. The van der Waals surface area contributed by atoms with Gasteiger partial charge in [-0.1, -0.05) is 13.8 Å². The van der Waals surface area contributed by atoms with Gasteiger partial charge in [-0.05, 0) is 39.2 Å². The van der Waals surface area contributed by atoms with Crippen LogP contribution in [0, 0.1) is 0 Å². The highest BCUT2D eigenvalue weighted by Crippen LogP contribution is 2.39. The molecule has 1 aliphatic rings. The van der Waals surface area contributed by atoms with Gasteiger partial charge >= 0.3 is 0 Å². The fourth-order valence-electron chi connectivity index (χ4n) is 2.38. The highest BCUT2D eigenvalue weighted by Gasteiger charge is 2.39. The van der Waals surface area contributed by atoms with Crippen molar-refractivity contribution in [3.8, 4) is 5.75 Å². The number of aryl methyl sites for hydroxylation is 1. The lowest BCUT2D eigenvalue weighted by atomic mass is 9.77. The number of nitrogens with zero attached hydrogens (tertiary/aromatic N) is 2. The molecule has 18 heavy (non-hydrogen) atoms. The van der Waals surface area contributed by atoms with E-state index in [4.69, 9.17) is 4.74 Å². The minimum atomic E-state index is 0.0590. The Kier molecular flexibility index (Phi) is 4.27. The molecule has 0 aromatic carbocycles. The van der Waals surface area contributed by atoms with E-state index < -0.39 is 0 Å². The van der Waals surface area contributed by atoms with Crippen LogP contribution in [-0.4, -0.2) is 28.0 Å². The highest BCUT2D eigenvalue weighted by molar-refractivity contribution is 5.14. The summed E-state index contributed by atoms with van der Waals surface area (Å²) in [7, 11) is 0. The predicted octanol–water partition coefficient (Wildman–Crippen LogP) is 2.59. The molecule has 1 aromatic rings. The van der Waals surface area contributed by atoms with Crippen molar-refractivity contribution in [1.29, 1.82) is 0 Å². The molecule has 0 atom stereocenters. The Bertz CT molecular complexity index is 369. The van der Waals surface area contributed by atoms with Crippen molar-refractivity contribution < 1.29 is 4.74 Å². The molecule has 0 spiro atoms. The minimum Gasteiger partial charge on any atom is -0.484 e. The molecular formula is C14H25N3O. The van der Waals surface area contributed by atoms with Crippen LogP contribution in [0.5, 0.6) is 5.75 Å². The van der Waals surface area contributed by atoms with Crippen LogP contribution in [0.3, 0.4) is 0 Å². The van der Waals surface area contributed by atoms with Crippen LogP contribution >= 0.6 is 0 Å². The van der Waals surface area contributed by atoms with Crippen molar-refractivity contribution in [2.75, 3.05) is 6.54 Å². The predicted molar refractivity (Wildman–Crippen MR) is 72.9 cm³/mol. The Labute approximate surface area is 110 Å². The van der Waals surface area contributed by atoms with Crippen LogP contribution in [0.1, 0.15) is 46.5 Å². The van der Waals surface area contributed by atoms with Gasteiger partial charge in [0.25, 0.3) is 0 Å². The number of aromatic nitrogens is 2. The number of ether oxygens (including phenoxy) is 1. The van der Waals surface area contributed by atoms with Crippen molar-refractivity contribution in [3.63, 3.8) is 0 Å². The first-order valence-electron chi connectivity index (χ1n) is 7.08. The zero-order chi connectivity index (χ0) is 13.0. The molecule has 1 saturated carbocycles. The second-order valence-corrected chi connectivity index (χ2v) is 5.53. The van der Waals surface area contributed by atoms with Gasteiger partial charge in [-0.3, -0.25) is 4.68 Å². The lowest BCUT2D eigenvalue weighted by molar-refractivity contribution is -0.0146. The molecule has 1 fully saturated rings. The van der Waals surface area contributed by atoms with Gasteiger partial charge in [0.05, 0.1) is 12.4 Å². The van der Waals surface area contributed by atoms with Crippen LogP contribution < -0.4 is 10.1 Å². The van der Waals surface area contributed by atoms with E-state index in [9.17, 15) is 0 Å². The Morgan fingerprint density at radius 2 is 2.28 bits per heavy atom. The normalized spacial score (nSPS) is 17.8. The van der Waals surface area contributed by atoms with Gasteiger partial charge in [0.2, 0.25) is 0 Å². The third-order valence-electron chi connectivity index (χ3n) is 3.67. The van der Waals surface area contributed by atoms with E-state index in [0.717, 1.165) is 25.3 Å². The second kappa shape index (κ2) is 5.74. The number of hydrogen-bond acceptors (Lipinski definition) is 3. The van der Waals surface area contributed by atoms with Crippen molar-refractivity contribution in [2.45, 2.75) is 64.6 Å². The van der Waals surface area contributed by atoms with Crippen LogP contribution in [-0.2, 0) is 6.54 Å². The molecule has 0 unspecified atom stereocenters. The molecule has 4 heteroatoms. The summed E-state index contributed by atoms with van der Waals surface area (Å²) in [6, 6.07) is 0.546. The summed E-state index contributed by atoms with van der Waals surface area (Å²) in [6.45, 7) is 8.37. The molecule has 1 heterocycles. The fraction of sp³-hybridized carbons (Fsp3) is 0.786. The number of nitrogens with one attached hydrogen (secondary N) is 1. The van der Waals surface area contributed by atoms with Gasteiger partial charge in [-0.15, -0.1) is 0 Å². The topological polar surface area (TPSA) is 39.1 Å². The zero-order valence-corrected chi connectivity index (χ0v) is 11.8. The molecule has 1 N–H and O–H groups in total. The summed E-state index contributed by atoms with van der Waals surface area (Å²) in [5.41, 5.74) is 0.0590. The van der Waals surface area contributed by atoms with Gasteiger partial charge in [0.1, 0.15) is 5.60 Å². The maximum Gasteiger partial charge on any atom is 0.158 e. The lowest BCUT2D eigenvalue weighted by Gasteiger charge is -2.41. The minimum absolute atomic E-state index is 0.0590. The first-order chi connectivity index (χ1) is 8.63. The molecule has 1 aliphatic carbocycles. The Morgan fingerprint density at radius 3 is 2.78 bits per heavy atom.